The molecule has 0 spiro atoms. The van der Waals surface area contributed by atoms with Gasteiger partial charge in [-0.3, -0.25) is 4.79 Å². The van der Waals surface area contributed by atoms with Gasteiger partial charge in [-0.25, -0.2) is 4.39 Å². The van der Waals surface area contributed by atoms with Crippen molar-refractivity contribution in [2.75, 3.05) is 19.5 Å². The number of aromatic amines is 1. The molecule has 0 unspecified atom stereocenters. The molecule has 0 saturated heterocycles. The van der Waals surface area contributed by atoms with Crippen LogP contribution in [0, 0.1) is 5.82 Å². The third kappa shape index (κ3) is 3.17. The standard InChI is InChI=1S/C18H17FN2O3/c1-23-16-6-4-13(9-17(16)24-2)21-18(22)7-11-10-20-15-5-3-12(19)8-14(11)15/h3-6,8-10,20H,7H2,1-2H3,(H,21,22). The molecule has 0 radical (unpaired) electrons. The summed E-state index contributed by atoms with van der Waals surface area (Å²) in [5.41, 5.74) is 2.14. The molecule has 0 atom stereocenters. The van der Waals surface area contributed by atoms with Gasteiger partial charge in [-0.15, -0.1) is 0 Å². The number of methoxy groups -OCH3 is 2. The van der Waals surface area contributed by atoms with Crippen LogP contribution in [-0.2, 0) is 11.2 Å². The first kappa shape index (κ1) is 15.9. The molecule has 2 N–H and O–H groups in total. The lowest BCUT2D eigenvalue weighted by molar-refractivity contribution is -0.115. The molecule has 0 saturated carbocycles. The van der Waals surface area contributed by atoms with Crippen molar-refractivity contribution in [3.05, 3.63) is 54.0 Å². The summed E-state index contributed by atoms with van der Waals surface area (Å²) in [5.74, 6) is 0.586. The summed E-state index contributed by atoms with van der Waals surface area (Å²) in [4.78, 5) is 15.3. The minimum atomic E-state index is -0.330. The zero-order chi connectivity index (χ0) is 17.1. The van der Waals surface area contributed by atoms with E-state index < -0.39 is 0 Å². The second-order valence-corrected chi connectivity index (χ2v) is 5.30. The Labute approximate surface area is 138 Å². The number of fused-ring (bicyclic) bond motifs is 1. The minimum absolute atomic E-state index is 0.137. The van der Waals surface area contributed by atoms with Crippen LogP contribution in [0.25, 0.3) is 10.9 Å². The Bertz CT molecular complexity index is 889. The summed E-state index contributed by atoms with van der Waals surface area (Å²) < 4.78 is 23.8. The van der Waals surface area contributed by atoms with Crippen molar-refractivity contribution >= 4 is 22.5 Å². The van der Waals surface area contributed by atoms with Gasteiger partial charge in [0.05, 0.1) is 20.6 Å². The van der Waals surface area contributed by atoms with E-state index in [0.29, 0.717) is 22.6 Å². The monoisotopic (exact) mass is 328 g/mol. The van der Waals surface area contributed by atoms with E-state index in [9.17, 15) is 9.18 Å². The molecular formula is C18H17FN2O3. The Morgan fingerprint density at radius 3 is 2.67 bits per heavy atom. The van der Waals surface area contributed by atoms with Gasteiger partial charge in [-0.2, -0.15) is 0 Å². The highest BCUT2D eigenvalue weighted by atomic mass is 19.1. The molecule has 1 amide bonds. The molecule has 1 heterocycles. The van der Waals surface area contributed by atoms with Crippen molar-refractivity contribution in [3.8, 4) is 11.5 Å². The van der Waals surface area contributed by atoms with Gasteiger partial charge < -0.3 is 19.8 Å². The van der Waals surface area contributed by atoms with Gasteiger partial charge in [-0.1, -0.05) is 0 Å². The Morgan fingerprint density at radius 1 is 1.12 bits per heavy atom. The van der Waals surface area contributed by atoms with Crippen LogP contribution < -0.4 is 14.8 Å². The number of amides is 1. The van der Waals surface area contributed by atoms with E-state index in [1.54, 1.807) is 37.6 Å². The highest BCUT2D eigenvalue weighted by Crippen LogP contribution is 2.30. The van der Waals surface area contributed by atoms with Crippen LogP contribution in [-0.4, -0.2) is 25.1 Å². The predicted molar refractivity (Wildman–Crippen MR) is 90.1 cm³/mol. The van der Waals surface area contributed by atoms with Crippen LogP contribution in [0.2, 0.25) is 0 Å². The van der Waals surface area contributed by atoms with Gasteiger partial charge in [0.2, 0.25) is 5.91 Å². The normalized spacial score (nSPS) is 10.6. The number of rotatable bonds is 5. The van der Waals surface area contributed by atoms with E-state index in [4.69, 9.17) is 9.47 Å². The lowest BCUT2D eigenvalue weighted by Gasteiger charge is -2.10. The van der Waals surface area contributed by atoms with E-state index in [1.807, 2.05) is 0 Å². The fourth-order valence-corrected chi connectivity index (χ4v) is 2.59. The van der Waals surface area contributed by atoms with Crippen molar-refractivity contribution < 1.29 is 18.7 Å². The maximum Gasteiger partial charge on any atom is 0.228 e. The number of aromatic nitrogens is 1. The van der Waals surface area contributed by atoms with Crippen LogP contribution >= 0.6 is 0 Å². The largest absolute Gasteiger partial charge is 0.493 e. The van der Waals surface area contributed by atoms with E-state index in [-0.39, 0.29) is 18.1 Å². The third-order valence-electron chi connectivity index (χ3n) is 3.75. The van der Waals surface area contributed by atoms with Crippen LogP contribution in [0.3, 0.4) is 0 Å². The maximum absolute atomic E-state index is 13.4. The topological polar surface area (TPSA) is 63.3 Å². The molecular weight excluding hydrogens is 311 g/mol. The molecule has 2 aromatic carbocycles. The second kappa shape index (κ2) is 6.62. The maximum atomic E-state index is 13.4. The first-order valence-electron chi connectivity index (χ1n) is 7.38. The smallest absolute Gasteiger partial charge is 0.228 e. The Balaban J connectivity index is 1.76. The lowest BCUT2D eigenvalue weighted by atomic mass is 10.1. The molecule has 3 rings (SSSR count). The summed E-state index contributed by atoms with van der Waals surface area (Å²) >= 11 is 0. The predicted octanol–water partition coefficient (Wildman–Crippen LogP) is 3.51. The van der Waals surface area contributed by atoms with Gasteiger partial charge in [0.25, 0.3) is 0 Å². The Kier molecular flexibility index (Phi) is 4.37. The van der Waals surface area contributed by atoms with Crippen molar-refractivity contribution in [1.82, 2.24) is 4.98 Å². The number of benzene rings is 2. The summed E-state index contributed by atoms with van der Waals surface area (Å²) in [6.45, 7) is 0. The van der Waals surface area contributed by atoms with Crippen LogP contribution in [0.4, 0.5) is 10.1 Å². The SMILES string of the molecule is COc1ccc(NC(=O)Cc2c[nH]c3ccc(F)cc23)cc1OC. The zero-order valence-electron chi connectivity index (χ0n) is 13.4. The van der Waals surface area contributed by atoms with E-state index in [0.717, 1.165) is 11.1 Å². The van der Waals surface area contributed by atoms with Gasteiger partial charge >= 0.3 is 0 Å². The molecule has 24 heavy (non-hydrogen) atoms. The lowest BCUT2D eigenvalue weighted by Crippen LogP contribution is -2.14. The van der Waals surface area contributed by atoms with Gasteiger partial charge in [0.1, 0.15) is 5.82 Å². The van der Waals surface area contributed by atoms with Gasteiger partial charge in [-0.05, 0) is 35.9 Å². The summed E-state index contributed by atoms with van der Waals surface area (Å²) in [6, 6.07) is 9.59. The molecule has 0 fully saturated rings. The quantitative estimate of drug-likeness (QED) is 0.753. The fourth-order valence-electron chi connectivity index (χ4n) is 2.59. The van der Waals surface area contributed by atoms with Crippen molar-refractivity contribution in [2.45, 2.75) is 6.42 Å². The molecule has 0 bridgehead atoms. The molecule has 3 aromatic rings. The number of nitrogens with one attached hydrogen (secondary N) is 2. The highest BCUT2D eigenvalue weighted by molar-refractivity contribution is 5.96. The fraction of sp³-hybridized carbons (Fsp3) is 0.167. The van der Waals surface area contributed by atoms with Crippen LogP contribution in [0.1, 0.15) is 5.56 Å². The number of halogens is 1. The second-order valence-electron chi connectivity index (χ2n) is 5.30. The molecule has 6 heteroatoms. The number of carbonyl (C=O) groups is 1. The summed E-state index contributed by atoms with van der Waals surface area (Å²) in [6.07, 6.45) is 1.86. The number of hydrogen-bond acceptors (Lipinski definition) is 3. The van der Waals surface area contributed by atoms with E-state index in [1.165, 1.54) is 19.2 Å². The number of H-pyrrole nitrogens is 1. The molecule has 0 aliphatic carbocycles. The first-order chi connectivity index (χ1) is 11.6. The minimum Gasteiger partial charge on any atom is -0.493 e. The third-order valence-corrected chi connectivity index (χ3v) is 3.75. The highest BCUT2D eigenvalue weighted by Gasteiger charge is 2.11. The molecule has 0 aliphatic heterocycles. The van der Waals surface area contributed by atoms with Crippen molar-refractivity contribution in [2.24, 2.45) is 0 Å². The Hall–Kier alpha value is -3.02. The summed E-state index contributed by atoms with van der Waals surface area (Å²) in [7, 11) is 3.08. The van der Waals surface area contributed by atoms with Crippen molar-refractivity contribution in [3.63, 3.8) is 0 Å². The molecule has 1 aromatic heterocycles. The first-order valence-corrected chi connectivity index (χ1v) is 7.38. The van der Waals surface area contributed by atoms with E-state index >= 15 is 0 Å². The number of ether oxygens (including phenoxy) is 2. The van der Waals surface area contributed by atoms with Crippen molar-refractivity contribution in [1.29, 1.82) is 0 Å². The molecule has 124 valence electrons. The summed E-state index contributed by atoms with van der Waals surface area (Å²) in [5, 5.41) is 3.51. The average molecular weight is 328 g/mol. The average Bonchev–Trinajstić information content (AvgIpc) is 2.96. The zero-order valence-corrected chi connectivity index (χ0v) is 13.4. The Morgan fingerprint density at radius 2 is 1.92 bits per heavy atom. The molecule has 5 nitrogen and oxygen atoms in total. The number of carbonyl (C=O) groups excluding carboxylic acids is 1. The number of anilines is 1. The molecule has 0 aliphatic rings. The number of hydrogen-bond donors (Lipinski definition) is 2. The van der Waals surface area contributed by atoms with Gasteiger partial charge in [0.15, 0.2) is 11.5 Å². The van der Waals surface area contributed by atoms with E-state index in [2.05, 4.69) is 10.3 Å². The van der Waals surface area contributed by atoms with Crippen LogP contribution in [0.5, 0.6) is 11.5 Å². The van der Waals surface area contributed by atoms with Gasteiger partial charge in [0, 0.05) is 28.9 Å². The van der Waals surface area contributed by atoms with Crippen LogP contribution in [0.15, 0.2) is 42.6 Å².